The van der Waals surface area contributed by atoms with Gasteiger partial charge in [0, 0.05) is 0 Å². The van der Waals surface area contributed by atoms with Gasteiger partial charge < -0.3 is 5.73 Å². The zero-order valence-electron chi connectivity index (χ0n) is 8.66. The Bertz CT molecular complexity index is 292. The van der Waals surface area contributed by atoms with Crippen molar-refractivity contribution in [2.75, 3.05) is 0 Å². The van der Waals surface area contributed by atoms with Crippen molar-refractivity contribution in [3.05, 3.63) is 41.8 Å². The van der Waals surface area contributed by atoms with Crippen molar-refractivity contribution in [1.29, 1.82) is 0 Å². The number of amides is 1. The topological polar surface area (TPSA) is 43.1 Å². The van der Waals surface area contributed by atoms with E-state index in [4.69, 9.17) is 5.73 Å². The monoisotopic (exact) mass is 190 g/mol. The van der Waals surface area contributed by atoms with Gasteiger partial charge in [-0.25, -0.2) is 0 Å². The molecule has 1 amide bonds. The minimum Gasteiger partial charge on any atom is -0.369 e. The first kappa shape index (κ1) is 10.8. The number of hydrogen-bond acceptors (Lipinski definition) is 1. The molecule has 1 aromatic rings. The highest BCUT2D eigenvalue weighted by Gasteiger charge is 2.19. The van der Waals surface area contributed by atoms with Crippen LogP contribution in [0, 0.1) is 11.8 Å². The predicted octanol–water partition coefficient (Wildman–Crippen LogP) is 2.14. The highest BCUT2D eigenvalue weighted by Crippen LogP contribution is 2.21. The minimum atomic E-state index is -0.315. The average molecular weight is 190 g/mol. The SMILES string of the molecule is CC(C)C[C](C(N)=O)c1ccccc1. The fourth-order valence-corrected chi connectivity index (χ4v) is 1.41. The molecule has 2 N–H and O–H groups in total. The Morgan fingerprint density at radius 3 is 2.29 bits per heavy atom. The van der Waals surface area contributed by atoms with E-state index in [1.165, 1.54) is 0 Å². The van der Waals surface area contributed by atoms with Crippen LogP contribution in [-0.4, -0.2) is 5.91 Å². The second-order valence-corrected chi connectivity index (χ2v) is 3.81. The lowest BCUT2D eigenvalue weighted by Crippen LogP contribution is -2.23. The summed E-state index contributed by atoms with van der Waals surface area (Å²) in [4.78, 5) is 11.2. The second-order valence-electron chi connectivity index (χ2n) is 3.81. The van der Waals surface area contributed by atoms with Crippen molar-refractivity contribution in [1.82, 2.24) is 0 Å². The van der Waals surface area contributed by atoms with Crippen LogP contribution in [0.4, 0.5) is 0 Å². The smallest absolute Gasteiger partial charge is 0.229 e. The van der Waals surface area contributed by atoms with Crippen LogP contribution >= 0.6 is 0 Å². The molecule has 75 valence electrons. The number of rotatable bonds is 4. The normalized spacial score (nSPS) is 10.9. The molecule has 0 saturated heterocycles. The molecule has 14 heavy (non-hydrogen) atoms. The molecule has 2 heteroatoms. The van der Waals surface area contributed by atoms with Crippen LogP contribution in [0.1, 0.15) is 25.8 Å². The Morgan fingerprint density at radius 2 is 1.86 bits per heavy atom. The summed E-state index contributed by atoms with van der Waals surface area (Å²) in [5.41, 5.74) is 6.28. The van der Waals surface area contributed by atoms with Gasteiger partial charge in [-0.2, -0.15) is 0 Å². The Labute approximate surface area is 85.1 Å². The Morgan fingerprint density at radius 1 is 1.29 bits per heavy atom. The van der Waals surface area contributed by atoms with E-state index in [1.807, 2.05) is 30.3 Å². The van der Waals surface area contributed by atoms with E-state index in [0.717, 1.165) is 17.9 Å². The highest BCUT2D eigenvalue weighted by atomic mass is 16.1. The highest BCUT2D eigenvalue weighted by molar-refractivity contribution is 5.92. The molecule has 0 aliphatic heterocycles. The van der Waals surface area contributed by atoms with Crippen molar-refractivity contribution < 1.29 is 4.79 Å². The third-order valence-electron chi connectivity index (χ3n) is 2.03. The van der Waals surface area contributed by atoms with Crippen molar-refractivity contribution in [2.45, 2.75) is 20.3 Å². The van der Waals surface area contributed by atoms with Gasteiger partial charge in [0.2, 0.25) is 5.91 Å². The molecule has 0 unspecified atom stereocenters. The summed E-state index contributed by atoms with van der Waals surface area (Å²) in [6.45, 7) is 4.15. The number of carbonyl (C=O) groups is 1. The maximum absolute atomic E-state index is 11.2. The minimum absolute atomic E-state index is 0.315. The zero-order valence-corrected chi connectivity index (χ0v) is 8.66. The Balaban J connectivity index is 2.84. The van der Waals surface area contributed by atoms with E-state index in [0.29, 0.717) is 5.92 Å². The Hall–Kier alpha value is -1.31. The summed E-state index contributed by atoms with van der Waals surface area (Å²) in [6, 6.07) is 9.60. The number of primary amides is 1. The maximum Gasteiger partial charge on any atom is 0.229 e. The van der Waals surface area contributed by atoms with Crippen LogP contribution in [0.2, 0.25) is 0 Å². The first-order chi connectivity index (χ1) is 6.61. The second kappa shape index (κ2) is 4.80. The van der Waals surface area contributed by atoms with Crippen molar-refractivity contribution in [2.24, 2.45) is 11.7 Å². The lowest BCUT2D eigenvalue weighted by atomic mass is 9.90. The molecule has 1 aromatic carbocycles. The van der Waals surface area contributed by atoms with Gasteiger partial charge in [0.05, 0.1) is 5.92 Å². The van der Waals surface area contributed by atoms with Crippen LogP contribution in [0.3, 0.4) is 0 Å². The quantitative estimate of drug-likeness (QED) is 0.776. The van der Waals surface area contributed by atoms with Gasteiger partial charge in [-0.15, -0.1) is 0 Å². The number of benzene rings is 1. The maximum atomic E-state index is 11.2. The average Bonchev–Trinajstić information content (AvgIpc) is 2.15. The van der Waals surface area contributed by atoms with Crippen LogP contribution < -0.4 is 5.73 Å². The van der Waals surface area contributed by atoms with Gasteiger partial charge in [0.15, 0.2) is 0 Å². The molecule has 0 heterocycles. The third-order valence-corrected chi connectivity index (χ3v) is 2.03. The van der Waals surface area contributed by atoms with Crippen molar-refractivity contribution >= 4 is 5.91 Å². The van der Waals surface area contributed by atoms with E-state index in [1.54, 1.807) is 0 Å². The predicted molar refractivity (Wildman–Crippen MR) is 57.4 cm³/mol. The van der Waals surface area contributed by atoms with Crippen LogP contribution in [0.5, 0.6) is 0 Å². The third kappa shape index (κ3) is 2.87. The molecule has 0 saturated carbocycles. The molecular weight excluding hydrogens is 174 g/mol. The lowest BCUT2D eigenvalue weighted by molar-refractivity contribution is -0.116. The number of hydrogen-bond donors (Lipinski definition) is 1. The van der Waals surface area contributed by atoms with E-state index in [2.05, 4.69) is 13.8 Å². The first-order valence-electron chi connectivity index (χ1n) is 4.82. The van der Waals surface area contributed by atoms with E-state index < -0.39 is 0 Å². The summed E-state index contributed by atoms with van der Waals surface area (Å²) < 4.78 is 0. The molecule has 0 spiro atoms. The van der Waals surface area contributed by atoms with Gasteiger partial charge >= 0.3 is 0 Å². The molecule has 0 aromatic heterocycles. The van der Waals surface area contributed by atoms with Crippen LogP contribution in [0.15, 0.2) is 30.3 Å². The molecule has 0 atom stereocenters. The molecule has 1 rings (SSSR count). The van der Waals surface area contributed by atoms with E-state index in [-0.39, 0.29) is 5.91 Å². The number of nitrogens with two attached hydrogens (primary N) is 1. The molecule has 0 fully saturated rings. The standard InChI is InChI=1S/C12H16NO/c1-9(2)8-11(12(13)14)10-6-4-3-5-7-10/h3-7,9H,8H2,1-2H3,(H2,13,14). The molecule has 0 aliphatic carbocycles. The summed E-state index contributed by atoms with van der Waals surface area (Å²) in [5.74, 6) is 0.850. The fraction of sp³-hybridized carbons (Fsp3) is 0.333. The van der Waals surface area contributed by atoms with Crippen LogP contribution in [0.25, 0.3) is 0 Å². The summed E-state index contributed by atoms with van der Waals surface area (Å²) in [7, 11) is 0. The molecule has 2 nitrogen and oxygen atoms in total. The molecule has 1 radical (unpaired) electrons. The summed E-state index contributed by atoms with van der Waals surface area (Å²) in [6.07, 6.45) is 0.735. The van der Waals surface area contributed by atoms with E-state index in [9.17, 15) is 4.79 Å². The van der Waals surface area contributed by atoms with Crippen molar-refractivity contribution in [3.63, 3.8) is 0 Å². The van der Waals surface area contributed by atoms with Crippen LogP contribution in [-0.2, 0) is 4.79 Å². The van der Waals surface area contributed by atoms with Crippen molar-refractivity contribution in [3.8, 4) is 0 Å². The first-order valence-corrected chi connectivity index (χ1v) is 4.82. The van der Waals surface area contributed by atoms with E-state index >= 15 is 0 Å². The molecule has 0 bridgehead atoms. The summed E-state index contributed by atoms with van der Waals surface area (Å²) >= 11 is 0. The van der Waals surface area contributed by atoms with Gasteiger partial charge in [-0.3, -0.25) is 4.79 Å². The fourth-order valence-electron chi connectivity index (χ4n) is 1.41. The summed E-state index contributed by atoms with van der Waals surface area (Å²) in [5, 5.41) is 0. The number of carbonyl (C=O) groups excluding carboxylic acids is 1. The largest absolute Gasteiger partial charge is 0.369 e. The van der Waals surface area contributed by atoms with Gasteiger partial charge in [-0.05, 0) is 17.9 Å². The molecule has 0 aliphatic rings. The van der Waals surface area contributed by atoms with Gasteiger partial charge in [-0.1, -0.05) is 44.2 Å². The zero-order chi connectivity index (χ0) is 10.6. The van der Waals surface area contributed by atoms with Gasteiger partial charge in [0.25, 0.3) is 0 Å². The lowest BCUT2D eigenvalue weighted by Gasteiger charge is -2.14. The molecular formula is C12H16NO. The van der Waals surface area contributed by atoms with Gasteiger partial charge in [0.1, 0.15) is 0 Å². The Kier molecular flexibility index (Phi) is 3.69.